The molecule has 2 aromatic rings. The average molecular weight is 249 g/mol. The van der Waals surface area contributed by atoms with Crippen molar-refractivity contribution in [2.24, 2.45) is 0 Å². The normalized spacial score (nSPS) is 19.1. The summed E-state index contributed by atoms with van der Waals surface area (Å²) in [4.78, 5) is 5.65. The number of benzene rings is 1. The second-order valence-corrected chi connectivity index (χ2v) is 5.33. The molecular weight excluding hydrogens is 237 g/mol. The second kappa shape index (κ2) is 4.20. The smallest absolute Gasteiger partial charge is 0.123 e. The van der Waals surface area contributed by atoms with Crippen LogP contribution < -0.4 is 0 Å². The lowest BCUT2D eigenvalue weighted by atomic mass is 10.0. The summed E-state index contributed by atoms with van der Waals surface area (Å²) in [6.45, 7) is 0. The molecule has 0 aliphatic heterocycles. The Bertz CT molecular complexity index is 535. The highest BCUT2D eigenvalue weighted by atomic mass is 32.1. The minimum absolute atomic E-state index is 0.241. The number of hydrogen-bond acceptors (Lipinski definition) is 3. The monoisotopic (exact) mass is 249 g/mol. The van der Waals surface area contributed by atoms with Crippen molar-refractivity contribution in [2.45, 2.75) is 25.4 Å². The molecular formula is C13H12FNOS. The Morgan fingerprint density at radius 3 is 2.76 bits per heavy atom. The van der Waals surface area contributed by atoms with Gasteiger partial charge in [0.05, 0.1) is 11.8 Å². The van der Waals surface area contributed by atoms with Gasteiger partial charge in [-0.25, -0.2) is 9.37 Å². The van der Waals surface area contributed by atoms with E-state index in [1.54, 1.807) is 23.5 Å². The molecule has 17 heavy (non-hydrogen) atoms. The van der Waals surface area contributed by atoms with Gasteiger partial charge in [-0.15, -0.1) is 11.3 Å². The lowest BCUT2D eigenvalue weighted by Gasteiger charge is -2.14. The number of fused-ring (bicyclic) bond motifs is 1. The quantitative estimate of drug-likeness (QED) is 0.841. The van der Waals surface area contributed by atoms with E-state index in [2.05, 4.69) is 4.98 Å². The van der Waals surface area contributed by atoms with Crippen LogP contribution in [-0.4, -0.2) is 10.1 Å². The fourth-order valence-electron chi connectivity index (χ4n) is 2.11. The maximum atomic E-state index is 12.8. The summed E-state index contributed by atoms with van der Waals surface area (Å²) in [6.07, 6.45) is 2.37. The minimum atomic E-state index is -0.427. The van der Waals surface area contributed by atoms with Crippen LogP contribution >= 0.6 is 11.3 Å². The molecule has 0 spiro atoms. The number of aliphatic hydroxyl groups excluding tert-OH is 1. The van der Waals surface area contributed by atoms with Gasteiger partial charge in [-0.2, -0.15) is 0 Å². The number of aliphatic hydroxyl groups is 1. The van der Waals surface area contributed by atoms with Crippen LogP contribution in [0.2, 0.25) is 0 Å². The highest BCUT2D eigenvalue weighted by Gasteiger charge is 2.23. The van der Waals surface area contributed by atoms with E-state index in [-0.39, 0.29) is 5.82 Å². The second-order valence-electron chi connectivity index (χ2n) is 4.24. The summed E-state index contributed by atoms with van der Waals surface area (Å²) in [5, 5.41) is 10.7. The Morgan fingerprint density at radius 1 is 1.29 bits per heavy atom. The summed E-state index contributed by atoms with van der Waals surface area (Å²) < 4.78 is 12.8. The van der Waals surface area contributed by atoms with Crippen LogP contribution in [0.25, 0.3) is 10.6 Å². The first kappa shape index (κ1) is 10.9. The number of nitrogens with zero attached hydrogens (tertiary/aromatic N) is 1. The van der Waals surface area contributed by atoms with Crippen LogP contribution in [0, 0.1) is 5.82 Å². The number of aryl methyl sites for hydroxylation is 1. The van der Waals surface area contributed by atoms with Crippen LogP contribution in [0.15, 0.2) is 24.3 Å². The van der Waals surface area contributed by atoms with E-state index in [9.17, 15) is 9.50 Å². The summed E-state index contributed by atoms with van der Waals surface area (Å²) in [5.74, 6) is -0.241. The van der Waals surface area contributed by atoms with E-state index in [4.69, 9.17) is 0 Å². The van der Waals surface area contributed by atoms with Crippen LogP contribution in [0.4, 0.5) is 4.39 Å². The molecule has 3 rings (SSSR count). The molecule has 0 fully saturated rings. The van der Waals surface area contributed by atoms with E-state index in [0.29, 0.717) is 0 Å². The van der Waals surface area contributed by atoms with E-state index >= 15 is 0 Å². The minimum Gasteiger partial charge on any atom is -0.387 e. The van der Waals surface area contributed by atoms with Gasteiger partial charge < -0.3 is 5.11 Å². The predicted molar refractivity (Wildman–Crippen MR) is 65.4 cm³/mol. The van der Waals surface area contributed by atoms with E-state index in [0.717, 1.165) is 35.5 Å². The number of halogens is 1. The molecule has 0 radical (unpaired) electrons. The van der Waals surface area contributed by atoms with Gasteiger partial charge in [0.25, 0.3) is 0 Å². The van der Waals surface area contributed by atoms with Crippen molar-refractivity contribution in [1.82, 2.24) is 4.98 Å². The van der Waals surface area contributed by atoms with Gasteiger partial charge >= 0.3 is 0 Å². The first-order chi connectivity index (χ1) is 8.24. The highest BCUT2D eigenvalue weighted by molar-refractivity contribution is 7.15. The third-order valence-corrected chi connectivity index (χ3v) is 4.20. The third-order valence-electron chi connectivity index (χ3n) is 3.02. The maximum Gasteiger partial charge on any atom is 0.123 e. The lowest BCUT2D eigenvalue weighted by molar-refractivity contribution is 0.153. The van der Waals surface area contributed by atoms with Gasteiger partial charge in [0.15, 0.2) is 0 Å². The number of rotatable bonds is 1. The standard InChI is InChI=1S/C13H12FNOS/c14-9-6-4-8(5-7-9)13-15-12-10(16)2-1-3-11(12)17-13/h4-7,10,16H,1-3H2. The summed E-state index contributed by atoms with van der Waals surface area (Å²) >= 11 is 1.60. The lowest BCUT2D eigenvalue weighted by Crippen LogP contribution is -2.07. The van der Waals surface area contributed by atoms with Crippen LogP contribution in [-0.2, 0) is 6.42 Å². The molecule has 0 bridgehead atoms. The van der Waals surface area contributed by atoms with Crippen molar-refractivity contribution >= 4 is 11.3 Å². The van der Waals surface area contributed by atoms with Crippen molar-refractivity contribution in [3.63, 3.8) is 0 Å². The predicted octanol–water partition coefficient (Wildman–Crippen LogP) is 3.32. The topological polar surface area (TPSA) is 33.1 Å². The molecule has 88 valence electrons. The summed E-state index contributed by atoms with van der Waals surface area (Å²) in [5.41, 5.74) is 1.73. The highest BCUT2D eigenvalue weighted by Crippen LogP contribution is 2.36. The van der Waals surface area contributed by atoms with Crippen molar-refractivity contribution in [1.29, 1.82) is 0 Å². The molecule has 1 aliphatic carbocycles. The van der Waals surface area contributed by atoms with Gasteiger partial charge in [0.1, 0.15) is 10.8 Å². The molecule has 1 aromatic heterocycles. The molecule has 4 heteroatoms. The molecule has 1 N–H and O–H groups in total. The Kier molecular flexibility index (Phi) is 2.68. The Hall–Kier alpha value is -1.26. The van der Waals surface area contributed by atoms with E-state index in [1.165, 1.54) is 17.0 Å². The van der Waals surface area contributed by atoms with Crippen LogP contribution in [0.1, 0.15) is 29.5 Å². The van der Waals surface area contributed by atoms with Gasteiger partial charge in [-0.05, 0) is 43.5 Å². The van der Waals surface area contributed by atoms with Gasteiger partial charge in [0.2, 0.25) is 0 Å². The SMILES string of the molecule is OC1CCCc2sc(-c3ccc(F)cc3)nc21. The summed E-state index contributed by atoms with van der Waals surface area (Å²) in [7, 11) is 0. The third kappa shape index (κ3) is 1.98. The first-order valence-corrected chi connectivity index (χ1v) is 6.49. The first-order valence-electron chi connectivity index (χ1n) is 5.67. The molecule has 1 aliphatic rings. The molecule has 2 nitrogen and oxygen atoms in total. The van der Waals surface area contributed by atoms with Gasteiger partial charge in [-0.3, -0.25) is 0 Å². The van der Waals surface area contributed by atoms with Crippen molar-refractivity contribution in [3.8, 4) is 10.6 Å². The molecule has 1 atom stereocenters. The molecule has 1 unspecified atom stereocenters. The zero-order valence-electron chi connectivity index (χ0n) is 9.19. The zero-order valence-corrected chi connectivity index (χ0v) is 10.0. The average Bonchev–Trinajstić information content (AvgIpc) is 2.75. The fourth-order valence-corrected chi connectivity index (χ4v) is 3.28. The maximum absolute atomic E-state index is 12.8. The fraction of sp³-hybridized carbons (Fsp3) is 0.308. The van der Waals surface area contributed by atoms with Crippen LogP contribution in [0.5, 0.6) is 0 Å². The molecule has 1 heterocycles. The van der Waals surface area contributed by atoms with Crippen LogP contribution in [0.3, 0.4) is 0 Å². The molecule has 0 saturated carbocycles. The molecule has 0 saturated heterocycles. The number of thiazole rings is 1. The molecule has 1 aromatic carbocycles. The Labute approximate surface area is 103 Å². The number of hydrogen-bond donors (Lipinski definition) is 1. The van der Waals surface area contributed by atoms with Gasteiger partial charge in [-0.1, -0.05) is 0 Å². The van der Waals surface area contributed by atoms with E-state index < -0.39 is 6.10 Å². The summed E-state index contributed by atoms with van der Waals surface area (Å²) in [6, 6.07) is 6.33. The Balaban J connectivity index is 2.02. The van der Waals surface area contributed by atoms with Crippen molar-refractivity contribution in [3.05, 3.63) is 40.7 Å². The van der Waals surface area contributed by atoms with Gasteiger partial charge in [0, 0.05) is 10.4 Å². The largest absolute Gasteiger partial charge is 0.387 e. The molecule has 0 amide bonds. The Morgan fingerprint density at radius 2 is 2.06 bits per heavy atom. The van der Waals surface area contributed by atoms with Crippen molar-refractivity contribution in [2.75, 3.05) is 0 Å². The van der Waals surface area contributed by atoms with E-state index in [1.807, 2.05) is 0 Å². The van der Waals surface area contributed by atoms with Crippen molar-refractivity contribution < 1.29 is 9.50 Å². The zero-order chi connectivity index (χ0) is 11.8. The number of aromatic nitrogens is 1.